The second kappa shape index (κ2) is 5.39. The molecule has 0 fully saturated rings. The number of nitrogens with zero attached hydrogens (tertiary/aromatic N) is 1. The number of halogens is 1. The molecule has 23 heavy (non-hydrogen) atoms. The number of anilines is 2. The predicted octanol–water partition coefficient (Wildman–Crippen LogP) is 3.43. The summed E-state index contributed by atoms with van der Waals surface area (Å²) in [6.45, 7) is 0.796. The molecule has 0 atom stereocenters. The third-order valence-electron chi connectivity index (χ3n) is 4.38. The monoisotopic (exact) mass is 326 g/mol. The van der Waals surface area contributed by atoms with Crippen LogP contribution in [0.3, 0.4) is 0 Å². The van der Waals surface area contributed by atoms with E-state index in [4.69, 9.17) is 11.6 Å². The first kappa shape index (κ1) is 14.3. The predicted molar refractivity (Wildman–Crippen MR) is 90.2 cm³/mol. The first-order valence-corrected chi connectivity index (χ1v) is 8.03. The van der Waals surface area contributed by atoms with Gasteiger partial charge < -0.3 is 10.2 Å². The molecule has 0 saturated heterocycles. The summed E-state index contributed by atoms with van der Waals surface area (Å²) in [6, 6.07) is 10.8. The number of carbonyl (C=O) groups excluding carboxylic acids is 2. The summed E-state index contributed by atoms with van der Waals surface area (Å²) in [5.74, 6) is -0.0877. The summed E-state index contributed by atoms with van der Waals surface area (Å²) in [5, 5.41) is 3.33. The Morgan fingerprint density at radius 2 is 1.96 bits per heavy atom. The van der Waals surface area contributed by atoms with Gasteiger partial charge in [-0.05, 0) is 48.2 Å². The zero-order valence-corrected chi connectivity index (χ0v) is 13.2. The fourth-order valence-corrected chi connectivity index (χ4v) is 3.62. The third-order valence-corrected chi connectivity index (χ3v) is 4.71. The number of carbonyl (C=O) groups is 2. The van der Waals surface area contributed by atoms with Crippen LogP contribution in [0.2, 0.25) is 5.02 Å². The van der Waals surface area contributed by atoms with Crippen LogP contribution in [0.1, 0.15) is 27.9 Å². The van der Waals surface area contributed by atoms with Crippen LogP contribution in [-0.4, -0.2) is 18.4 Å². The number of rotatable bonds is 2. The van der Waals surface area contributed by atoms with Gasteiger partial charge in [0.2, 0.25) is 5.91 Å². The van der Waals surface area contributed by atoms with E-state index in [1.807, 2.05) is 17.0 Å². The van der Waals surface area contributed by atoms with Gasteiger partial charge in [-0.25, -0.2) is 0 Å². The SMILES string of the molecule is O=C(Nc1cc2c3c(c1)CC(=O)N3CCC2)c1ccccc1Cl. The van der Waals surface area contributed by atoms with Crippen LogP contribution >= 0.6 is 11.6 Å². The van der Waals surface area contributed by atoms with E-state index < -0.39 is 0 Å². The Morgan fingerprint density at radius 1 is 1.17 bits per heavy atom. The van der Waals surface area contributed by atoms with Gasteiger partial charge in [-0.2, -0.15) is 0 Å². The summed E-state index contributed by atoms with van der Waals surface area (Å²) in [5.41, 5.74) is 4.36. The Hall–Kier alpha value is -2.33. The van der Waals surface area contributed by atoms with Gasteiger partial charge >= 0.3 is 0 Å². The Balaban J connectivity index is 1.67. The number of nitrogens with one attached hydrogen (secondary N) is 1. The largest absolute Gasteiger partial charge is 0.322 e. The minimum Gasteiger partial charge on any atom is -0.322 e. The van der Waals surface area contributed by atoms with E-state index in [1.54, 1.807) is 24.3 Å². The Bertz CT molecular complexity index is 832. The quantitative estimate of drug-likeness (QED) is 0.919. The lowest BCUT2D eigenvalue weighted by atomic mass is 9.99. The molecular formula is C18H15ClN2O2. The average Bonchev–Trinajstić information content (AvgIpc) is 2.85. The molecule has 0 saturated carbocycles. The maximum Gasteiger partial charge on any atom is 0.257 e. The molecule has 2 aliphatic heterocycles. The lowest BCUT2D eigenvalue weighted by molar-refractivity contribution is -0.117. The van der Waals surface area contributed by atoms with E-state index in [9.17, 15) is 9.59 Å². The Morgan fingerprint density at radius 3 is 2.78 bits per heavy atom. The standard InChI is InChI=1S/C18H15ClN2O2/c19-15-6-2-1-5-14(15)18(23)20-13-8-11-4-3-7-21-16(22)10-12(9-13)17(11)21/h1-2,5-6,8-9H,3-4,7,10H2,(H,20,23). The van der Waals surface area contributed by atoms with Crippen LogP contribution in [0, 0.1) is 0 Å². The molecular weight excluding hydrogens is 312 g/mol. The molecule has 2 amide bonds. The molecule has 5 heteroatoms. The Kier molecular flexibility index (Phi) is 3.34. The first-order valence-electron chi connectivity index (χ1n) is 7.65. The lowest BCUT2D eigenvalue weighted by Gasteiger charge is -2.26. The van der Waals surface area contributed by atoms with E-state index in [0.717, 1.165) is 41.9 Å². The Labute approximate surface area is 139 Å². The van der Waals surface area contributed by atoms with Crippen molar-refractivity contribution < 1.29 is 9.59 Å². The highest BCUT2D eigenvalue weighted by atomic mass is 35.5. The summed E-state index contributed by atoms with van der Waals surface area (Å²) >= 11 is 6.07. The van der Waals surface area contributed by atoms with Gasteiger partial charge in [-0.3, -0.25) is 9.59 Å². The molecule has 4 rings (SSSR count). The average molecular weight is 327 g/mol. The third kappa shape index (κ3) is 2.39. The van der Waals surface area contributed by atoms with Crippen molar-refractivity contribution >= 4 is 34.8 Å². The lowest BCUT2D eigenvalue weighted by Crippen LogP contribution is -2.31. The zero-order valence-electron chi connectivity index (χ0n) is 12.4. The van der Waals surface area contributed by atoms with Crippen LogP contribution in [0.15, 0.2) is 36.4 Å². The molecule has 2 aromatic carbocycles. The topological polar surface area (TPSA) is 49.4 Å². The molecule has 2 aromatic rings. The number of aryl methyl sites for hydroxylation is 1. The van der Waals surface area contributed by atoms with Crippen molar-refractivity contribution in [2.75, 3.05) is 16.8 Å². The van der Waals surface area contributed by atoms with Crippen LogP contribution in [0.25, 0.3) is 0 Å². The zero-order chi connectivity index (χ0) is 16.0. The summed E-state index contributed by atoms with van der Waals surface area (Å²) < 4.78 is 0. The van der Waals surface area contributed by atoms with Crippen molar-refractivity contribution in [3.05, 3.63) is 58.1 Å². The van der Waals surface area contributed by atoms with E-state index in [-0.39, 0.29) is 11.8 Å². The van der Waals surface area contributed by atoms with Gasteiger partial charge in [-0.1, -0.05) is 23.7 Å². The second-order valence-electron chi connectivity index (χ2n) is 5.90. The molecule has 116 valence electrons. The first-order chi connectivity index (χ1) is 11.1. The van der Waals surface area contributed by atoms with Crippen LogP contribution in [-0.2, 0) is 17.6 Å². The number of hydrogen-bond donors (Lipinski definition) is 1. The summed E-state index contributed by atoms with van der Waals surface area (Å²) in [7, 11) is 0. The fourth-order valence-electron chi connectivity index (χ4n) is 3.40. The maximum absolute atomic E-state index is 12.4. The van der Waals surface area contributed by atoms with Crippen LogP contribution < -0.4 is 10.2 Å². The van der Waals surface area contributed by atoms with Gasteiger partial charge in [0, 0.05) is 12.2 Å². The molecule has 1 N–H and O–H groups in total. The van der Waals surface area contributed by atoms with Crippen molar-refractivity contribution in [1.29, 1.82) is 0 Å². The highest BCUT2D eigenvalue weighted by Crippen LogP contribution is 2.38. The molecule has 0 spiro atoms. The molecule has 4 nitrogen and oxygen atoms in total. The van der Waals surface area contributed by atoms with Crippen molar-refractivity contribution in [2.45, 2.75) is 19.3 Å². The molecule has 0 radical (unpaired) electrons. The molecule has 2 heterocycles. The molecule has 2 aliphatic rings. The highest BCUT2D eigenvalue weighted by molar-refractivity contribution is 6.34. The number of hydrogen-bond acceptors (Lipinski definition) is 2. The minimum atomic E-state index is -0.236. The molecule has 0 aliphatic carbocycles. The van der Waals surface area contributed by atoms with Crippen molar-refractivity contribution in [3.63, 3.8) is 0 Å². The second-order valence-corrected chi connectivity index (χ2v) is 6.31. The van der Waals surface area contributed by atoms with Crippen molar-refractivity contribution in [3.8, 4) is 0 Å². The normalized spacial score (nSPS) is 15.5. The van der Waals surface area contributed by atoms with E-state index in [1.165, 1.54) is 0 Å². The van der Waals surface area contributed by atoms with Gasteiger partial charge in [-0.15, -0.1) is 0 Å². The molecule has 0 unspecified atom stereocenters. The van der Waals surface area contributed by atoms with Gasteiger partial charge in [0.25, 0.3) is 5.91 Å². The highest BCUT2D eigenvalue weighted by Gasteiger charge is 2.32. The van der Waals surface area contributed by atoms with E-state index in [2.05, 4.69) is 5.32 Å². The van der Waals surface area contributed by atoms with Crippen molar-refractivity contribution in [1.82, 2.24) is 0 Å². The molecule has 0 bridgehead atoms. The smallest absolute Gasteiger partial charge is 0.257 e. The van der Waals surface area contributed by atoms with Crippen LogP contribution in [0.4, 0.5) is 11.4 Å². The number of benzene rings is 2. The fraction of sp³-hybridized carbons (Fsp3) is 0.222. The minimum absolute atomic E-state index is 0.149. The number of amides is 2. The van der Waals surface area contributed by atoms with Crippen molar-refractivity contribution in [2.24, 2.45) is 0 Å². The van der Waals surface area contributed by atoms with E-state index in [0.29, 0.717) is 17.0 Å². The summed E-state index contributed by atoms with van der Waals surface area (Å²) in [6.07, 6.45) is 2.31. The van der Waals surface area contributed by atoms with Crippen LogP contribution in [0.5, 0.6) is 0 Å². The summed E-state index contributed by atoms with van der Waals surface area (Å²) in [4.78, 5) is 26.3. The maximum atomic E-state index is 12.4. The molecule has 0 aromatic heterocycles. The van der Waals surface area contributed by atoms with Gasteiger partial charge in [0.05, 0.1) is 22.7 Å². The van der Waals surface area contributed by atoms with Gasteiger partial charge in [0.1, 0.15) is 0 Å². The van der Waals surface area contributed by atoms with E-state index >= 15 is 0 Å². The van der Waals surface area contributed by atoms with Gasteiger partial charge in [0.15, 0.2) is 0 Å².